The van der Waals surface area contributed by atoms with Crippen molar-refractivity contribution < 1.29 is 9.13 Å². The third-order valence-corrected chi connectivity index (χ3v) is 2.70. The summed E-state index contributed by atoms with van der Waals surface area (Å²) in [6.07, 6.45) is 3.45. The summed E-state index contributed by atoms with van der Waals surface area (Å²) in [6, 6.07) is 5.36. The zero-order valence-electron chi connectivity index (χ0n) is 7.99. The minimum absolute atomic E-state index is 0.111. The Balaban J connectivity index is 2.44. The average Bonchev–Trinajstić information content (AvgIpc) is 2.56. The molecule has 3 heteroatoms. The number of benzene rings is 1. The summed E-state index contributed by atoms with van der Waals surface area (Å²) in [7, 11) is 0. The quantitative estimate of drug-likeness (QED) is 0.694. The summed E-state index contributed by atoms with van der Waals surface area (Å²) in [5, 5.41) is 0.612. The van der Waals surface area contributed by atoms with Gasteiger partial charge < -0.3 is 4.74 Å². The van der Waals surface area contributed by atoms with Gasteiger partial charge in [0.05, 0.1) is 6.33 Å². The van der Waals surface area contributed by atoms with Crippen LogP contribution in [0.4, 0.5) is 4.39 Å². The van der Waals surface area contributed by atoms with E-state index in [0.29, 0.717) is 17.1 Å². The van der Waals surface area contributed by atoms with Crippen molar-refractivity contribution in [2.75, 3.05) is 0 Å². The van der Waals surface area contributed by atoms with E-state index in [1.165, 1.54) is 6.08 Å². The van der Waals surface area contributed by atoms with Gasteiger partial charge in [-0.05, 0) is 18.2 Å². The molecule has 2 unspecified atom stereocenters. The van der Waals surface area contributed by atoms with Crippen LogP contribution in [0.2, 0.25) is 5.02 Å². The molecule has 0 aliphatic carbocycles. The highest BCUT2D eigenvalue weighted by Crippen LogP contribution is 2.40. The molecule has 0 fully saturated rings. The lowest BCUT2D eigenvalue weighted by molar-refractivity contribution is 0.270. The molecule has 0 bridgehead atoms. The van der Waals surface area contributed by atoms with Crippen LogP contribution < -0.4 is 4.74 Å². The van der Waals surface area contributed by atoms with E-state index >= 15 is 0 Å². The summed E-state index contributed by atoms with van der Waals surface area (Å²) in [5.41, 5.74) is 0.943. The number of hydrogen-bond acceptors (Lipinski definition) is 1. The molecule has 1 aromatic rings. The maximum atomic E-state index is 12.2. The van der Waals surface area contributed by atoms with Crippen molar-refractivity contribution in [1.82, 2.24) is 0 Å². The van der Waals surface area contributed by atoms with Gasteiger partial charge in [0.15, 0.2) is 0 Å². The standard InChI is InChI=1S/C12H10ClFO/c1-2-11-10(5-6-14)9-4-3-8(13)7-12(9)15-11/h2-7,10-11H,1H2/b6-5+. The molecule has 0 amide bonds. The fourth-order valence-corrected chi connectivity index (χ4v) is 1.93. The molecule has 1 aliphatic rings. The van der Waals surface area contributed by atoms with Gasteiger partial charge in [-0.1, -0.05) is 30.3 Å². The Morgan fingerprint density at radius 3 is 2.93 bits per heavy atom. The summed E-state index contributed by atoms with van der Waals surface area (Å²) in [5.74, 6) is 0.593. The molecule has 15 heavy (non-hydrogen) atoms. The smallest absolute Gasteiger partial charge is 0.127 e. The van der Waals surface area contributed by atoms with E-state index in [-0.39, 0.29) is 12.0 Å². The third kappa shape index (κ3) is 1.77. The predicted molar refractivity (Wildman–Crippen MR) is 59.1 cm³/mol. The van der Waals surface area contributed by atoms with Crippen molar-refractivity contribution in [3.63, 3.8) is 0 Å². The van der Waals surface area contributed by atoms with Gasteiger partial charge in [0.25, 0.3) is 0 Å². The molecule has 1 nitrogen and oxygen atoms in total. The van der Waals surface area contributed by atoms with E-state index in [1.54, 1.807) is 18.2 Å². The van der Waals surface area contributed by atoms with Crippen LogP contribution in [0.15, 0.2) is 43.3 Å². The highest BCUT2D eigenvalue weighted by molar-refractivity contribution is 6.30. The van der Waals surface area contributed by atoms with E-state index in [9.17, 15) is 4.39 Å². The van der Waals surface area contributed by atoms with Crippen LogP contribution in [-0.4, -0.2) is 6.10 Å². The van der Waals surface area contributed by atoms with E-state index in [1.807, 2.05) is 6.07 Å². The predicted octanol–water partition coefficient (Wildman–Crippen LogP) is 3.85. The molecule has 0 N–H and O–H groups in total. The Hall–Kier alpha value is -1.28. The number of hydrogen-bond donors (Lipinski definition) is 0. The maximum absolute atomic E-state index is 12.2. The lowest BCUT2D eigenvalue weighted by Gasteiger charge is -2.09. The van der Waals surface area contributed by atoms with Crippen LogP contribution in [0.5, 0.6) is 5.75 Å². The van der Waals surface area contributed by atoms with Gasteiger partial charge in [-0.2, -0.15) is 0 Å². The van der Waals surface area contributed by atoms with Gasteiger partial charge in [0.2, 0.25) is 0 Å². The van der Waals surface area contributed by atoms with Gasteiger partial charge in [0, 0.05) is 16.5 Å². The molecular formula is C12H10ClFO. The Morgan fingerprint density at radius 2 is 2.27 bits per heavy atom. The van der Waals surface area contributed by atoms with Crippen LogP contribution >= 0.6 is 11.6 Å². The molecule has 2 rings (SSSR count). The van der Waals surface area contributed by atoms with Crippen molar-refractivity contribution in [2.24, 2.45) is 0 Å². The first-order chi connectivity index (χ1) is 7.26. The van der Waals surface area contributed by atoms with Gasteiger partial charge >= 0.3 is 0 Å². The highest BCUT2D eigenvalue weighted by atomic mass is 35.5. The first-order valence-electron chi connectivity index (χ1n) is 4.62. The van der Waals surface area contributed by atoms with Crippen LogP contribution in [0.3, 0.4) is 0 Å². The molecule has 0 saturated heterocycles. The molecule has 0 spiro atoms. The second-order valence-electron chi connectivity index (χ2n) is 3.34. The van der Waals surface area contributed by atoms with Crippen LogP contribution in [0, 0.1) is 0 Å². The van der Waals surface area contributed by atoms with E-state index in [0.717, 1.165) is 5.56 Å². The lowest BCUT2D eigenvalue weighted by atomic mass is 9.96. The van der Waals surface area contributed by atoms with Crippen LogP contribution in [0.1, 0.15) is 11.5 Å². The second-order valence-corrected chi connectivity index (χ2v) is 3.78. The van der Waals surface area contributed by atoms with Gasteiger partial charge in [-0.15, -0.1) is 0 Å². The van der Waals surface area contributed by atoms with Crippen molar-refractivity contribution in [3.8, 4) is 5.75 Å². The fraction of sp³-hybridized carbons (Fsp3) is 0.167. The fourth-order valence-electron chi connectivity index (χ4n) is 1.77. The van der Waals surface area contributed by atoms with Gasteiger partial charge in [-0.3, -0.25) is 0 Å². The number of ether oxygens (including phenoxy) is 1. The minimum Gasteiger partial charge on any atom is -0.485 e. The Morgan fingerprint density at radius 1 is 1.47 bits per heavy atom. The zero-order valence-corrected chi connectivity index (χ0v) is 8.75. The SMILES string of the molecule is C=CC1Oc2cc(Cl)ccc2C1/C=C/F. The highest BCUT2D eigenvalue weighted by Gasteiger charge is 2.30. The molecule has 0 radical (unpaired) electrons. The Bertz CT molecular complexity index is 414. The first-order valence-corrected chi connectivity index (χ1v) is 4.99. The summed E-state index contributed by atoms with van der Waals surface area (Å²) in [4.78, 5) is 0. The van der Waals surface area contributed by atoms with E-state index in [2.05, 4.69) is 6.58 Å². The average molecular weight is 225 g/mol. The molecule has 0 saturated carbocycles. The summed E-state index contributed by atoms with van der Waals surface area (Å²) >= 11 is 5.84. The van der Waals surface area contributed by atoms with Crippen molar-refractivity contribution in [2.45, 2.75) is 12.0 Å². The van der Waals surface area contributed by atoms with E-state index in [4.69, 9.17) is 16.3 Å². The maximum Gasteiger partial charge on any atom is 0.127 e. The molecular weight excluding hydrogens is 215 g/mol. The van der Waals surface area contributed by atoms with Gasteiger partial charge in [0.1, 0.15) is 11.9 Å². The van der Waals surface area contributed by atoms with Crippen molar-refractivity contribution in [3.05, 3.63) is 53.8 Å². The molecule has 1 heterocycles. The number of fused-ring (bicyclic) bond motifs is 1. The lowest BCUT2D eigenvalue weighted by Crippen LogP contribution is -2.13. The molecule has 1 aliphatic heterocycles. The Kier molecular flexibility index (Phi) is 2.78. The van der Waals surface area contributed by atoms with Crippen LogP contribution in [-0.2, 0) is 0 Å². The van der Waals surface area contributed by atoms with Crippen LogP contribution in [0.25, 0.3) is 0 Å². The minimum atomic E-state index is -0.217. The van der Waals surface area contributed by atoms with E-state index < -0.39 is 0 Å². The number of rotatable bonds is 2. The monoisotopic (exact) mass is 224 g/mol. The normalized spacial score (nSPS) is 23.9. The zero-order chi connectivity index (χ0) is 10.8. The van der Waals surface area contributed by atoms with Gasteiger partial charge in [-0.25, -0.2) is 4.39 Å². The molecule has 1 aromatic carbocycles. The molecule has 2 atom stereocenters. The Labute approximate surface area is 92.8 Å². The second kappa shape index (κ2) is 4.07. The summed E-state index contributed by atoms with van der Waals surface area (Å²) in [6.45, 7) is 3.67. The van der Waals surface area contributed by atoms with Crippen molar-refractivity contribution in [1.29, 1.82) is 0 Å². The number of halogens is 2. The van der Waals surface area contributed by atoms with Crippen molar-refractivity contribution >= 4 is 11.6 Å². The largest absolute Gasteiger partial charge is 0.485 e. The first kappa shape index (κ1) is 10.2. The summed E-state index contributed by atoms with van der Waals surface area (Å²) < 4.78 is 17.8. The third-order valence-electron chi connectivity index (χ3n) is 2.46. The molecule has 0 aromatic heterocycles. The topological polar surface area (TPSA) is 9.23 Å². The molecule has 78 valence electrons.